The highest BCUT2D eigenvalue weighted by atomic mass is 32.2. The number of nitrogens with one attached hydrogen (secondary N) is 1. The molecule has 8 heteroatoms. The Morgan fingerprint density at radius 2 is 1.86 bits per heavy atom. The molecule has 4 aromatic rings. The maximum atomic E-state index is 13.0. The quantitative estimate of drug-likeness (QED) is 0.236. The van der Waals surface area contributed by atoms with Gasteiger partial charge >= 0.3 is 0 Å². The number of aromatic nitrogens is 4. The highest BCUT2D eigenvalue weighted by Gasteiger charge is 2.46. The maximum Gasteiger partial charge on any atom is 0.300 e. The molecule has 0 saturated heterocycles. The Morgan fingerprint density at radius 1 is 1.08 bits per heavy atom. The van der Waals surface area contributed by atoms with Gasteiger partial charge in [-0.1, -0.05) is 67.1 Å². The van der Waals surface area contributed by atoms with E-state index in [-0.39, 0.29) is 29.0 Å². The summed E-state index contributed by atoms with van der Waals surface area (Å²) in [6.45, 7) is 4.23. The smallest absolute Gasteiger partial charge is 0.300 e. The molecular weight excluding hydrogens is 470 g/mol. The zero-order valence-electron chi connectivity index (χ0n) is 20.5. The van der Waals surface area contributed by atoms with Gasteiger partial charge in [0.25, 0.3) is 5.56 Å². The van der Waals surface area contributed by atoms with Crippen molar-refractivity contribution in [2.75, 3.05) is 5.75 Å². The number of fused-ring (bicyclic) bond motifs is 5. The van der Waals surface area contributed by atoms with E-state index in [1.54, 1.807) is 4.52 Å². The lowest BCUT2D eigenvalue weighted by molar-refractivity contribution is -0.120. The predicted molar refractivity (Wildman–Crippen MR) is 142 cm³/mol. The van der Waals surface area contributed by atoms with Crippen LogP contribution in [0.15, 0.2) is 58.5 Å². The molecule has 2 aromatic heterocycles. The largest absolute Gasteiger partial charge is 0.352 e. The molecule has 1 amide bonds. The van der Waals surface area contributed by atoms with E-state index in [0.717, 1.165) is 28.8 Å². The number of para-hydroxylation sites is 1. The first kappa shape index (κ1) is 23.2. The Labute approximate surface area is 213 Å². The van der Waals surface area contributed by atoms with E-state index in [9.17, 15) is 9.59 Å². The van der Waals surface area contributed by atoms with Crippen LogP contribution < -0.4 is 10.9 Å². The normalized spacial score (nSPS) is 22.9. The van der Waals surface area contributed by atoms with Crippen LogP contribution >= 0.6 is 11.8 Å². The van der Waals surface area contributed by atoms with Gasteiger partial charge in [0, 0.05) is 17.0 Å². The van der Waals surface area contributed by atoms with Crippen LogP contribution in [0.1, 0.15) is 38.2 Å². The molecule has 2 aliphatic carbocycles. The van der Waals surface area contributed by atoms with Crippen molar-refractivity contribution in [3.63, 3.8) is 0 Å². The van der Waals surface area contributed by atoms with Crippen molar-refractivity contribution in [3.05, 3.63) is 64.4 Å². The molecule has 0 radical (unpaired) electrons. The highest BCUT2D eigenvalue weighted by Crippen LogP contribution is 2.49. The number of benzene rings is 2. The molecule has 7 nitrogen and oxygen atoms in total. The zero-order valence-corrected chi connectivity index (χ0v) is 21.3. The number of nitrogens with zero attached hydrogens (tertiary/aromatic N) is 4. The molecule has 6 rings (SSSR count). The number of hydrogen-bond acceptors (Lipinski definition) is 6. The van der Waals surface area contributed by atoms with Crippen LogP contribution in [0.4, 0.5) is 0 Å². The van der Waals surface area contributed by atoms with Crippen LogP contribution in [0.5, 0.6) is 0 Å². The van der Waals surface area contributed by atoms with Crippen LogP contribution in [-0.4, -0.2) is 37.3 Å². The van der Waals surface area contributed by atoms with Crippen molar-refractivity contribution in [1.82, 2.24) is 24.9 Å². The van der Waals surface area contributed by atoms with E-state index in [2.05, 4.69) is 22.3 Å². The second-order valence-electron chi connectivity index (χ2n) is 10.1. The topological polar surface area (TPSA) is 89.2 Å². The number of carbonyl (C=O) groups excluding carboxylic acids is 1. The summed E-state index contributed by atoms with van der Waals surface area (Å²) in [6, 6.07) is 15.5. The van der Waals surface area contributed by atoms with Crippen molar-refractivity contribution >= 4 is 34.2 Å². The second kappa shape index (κ2) is 9.32. The number of amides is 1. The monoisotopic (exact) mass is 499 g/mol. The van der Waals surface area contributed by atoms with Gasteiger partial charge in [0.05, 0.1) is 11.3 Å². The van der Waals surface area contributed by atoms with Gasteiger partial charge < -0.3 is 5.32 Å². The van der Waals surface area contributed by atoms with Crippen LogP contribution in [0, 0.1) is 24.7 Å². The Bertz CT molecular complexity index is 1520. The van der Waals surface area contributed by atoms with Gasteiger partial charge in [-0.05, 0) is 56.1 Å². The maximum absolute atomic E-state index is 13.0. The van der Waals surface area contributed by atoms with Gasteiger partial charge in [-0.25, -0.2) is 4.98 Å². The number of thioether (sulfide) groups is 1. The lowest BCUT2D eigenvalue weighted by atomic mass is 9.83. The Kier molecular flexibility index (Phi) is 5.99. The fraction of sp³-hybridized carbons (Fsp3) is 0.393. The number of rotatable bonds is 6. The minimum atomic E-state index is -0.384. The summed E-state index contributed by atoms with van der Waals surface area (Å²) < 4.78 is 1.61. The summed E-state index contributed by atoms with van der Waals surface area (Å²) in [5, 5.41) is 9.32. The minimum Gasteiger partial charge on any atom is -0.352 e. The highest BCUT2D eigenvalue weighted by molar-refractivity contribution is 7.99. The van der Waals surface area contributed by atoms with Gasteiger partial charge in [0.2, 0.25) is 5.91 Å². The molecule has 0 unspecified atom stereocenters. The molecule has 2 saturated carbocycles. The molecule has 2 fully saturated rings. The van der Waals surface area contributed by atoms with Gasteiger partial charge in [-0.15, -0.1) is 0 Å². The van der Waals surface area contributed by atoms with E-state index < -0.39 is 0 Å². The first-order chi connectivity index (χ1) is 17.5. The molecule has 2 heterocycles. The molecule has 0 spiro atoms. The minimum absolute atomic E-state index is 0.0203. The van der Waals surface area contributed by atoms with E-state index in [1.165, 1.54) is 31.0 Å². The molecule has 1 N–H and O–H groups in total. The van der Waals surface area contributed by atoms with E-state index in [1.807, 2.05) is 55.5 Å². The Hall–Kier alpha value is -3.26. The second-order valence-corrected chi connectivity index (χ2v) is 11.0. The fourth-order valence-corrected chi connectivity index (χ4v) is 6.93. The third-order valence-corrected chi connectivity index (χ3v) is 8.83. The summed E-state index contributed by atoms with van der Waals surface area (Å²) in [7, 11) is 0. The molecule has 2 aliphatic rings. The first-order valence-corrected chi connectivity index (χ1v) is 13.7. The molecule has 0 aliphatic heterocycles. The lowest BCUT2D eigenvalue weighted by Gasteiger charge is -2.31. The summed E-state index contributed by atoms with van der Waals surface area (Å²) in [4.78, 5) is 35.2. The lowest BCUT2D eigenvalue weighted by Crippen LogP contribution is -2.44. The fourth-order valence-electron chi connectivity index (χ4n) is 6.17. The van der Waals surface area contributed by atoms with Gasteiger partial charge in [-0.3, -0.25) is 9.59 Å². The average molecular weight is 500 g/mol. The predicted octanol–water partition coefficient (Wildman–Crippen LogP) is 4.65. The van der Waals surface area contributed by atoms with Crippen LogP contribution in [0.25, 0.3) is 27.8 Å². The first-order valence-electron chi connectivity index (χ1n) is 12.7. The summed E-state index contributed by atoms with van der Waals surface area (Å²) in [5.41, 5.74) is 2.86. The molecule has 2 bridgehead atoms. The van der Waals surface area contributed by atoms with Crippen LogP contribution in [-0.2, 0) is 4.79 Å². The molecule has 4 atom stereocenters. The third-order valence-electron chi connectivity index (χ3n) is 7.90. The van der Waals surface area contributed by atoms with Crippen LogP contribution in [0.3, 0.4) is 0 Å². The molecule has 36 heavy (non-hydrogen) atoms. The number of hydrogen-bond donors (Lipinski definition) is 1. The summed E-state index contributed by atoms with van der Waals surface area (Å²) in [6.07, 6.45) is 4.89. The summed E-state index contributed by atoms with van der Waals surface area (Å²) in [5.74, 6) is 2.22. The van der Waals surface area contributed by atoms with Gasteiger partial charge in [-0.2, -0.15) is 14.6 Å². The zero-order chi connectivity index (χ0) is 24.8. The third kappa shape index (κ3) is 4.07. The Balaban J connectivity index is 1.33. The Morgan fingerprint density at radius 3 is 2.67 bits per heavy atom. The van der Waals surface area contributed by atoms with E-state index >= 15 is 0 Å². The standard InChI is InChI=1S/C28H29N5O2S/c1-3-20-18-12-13-19(14-18)24(20)30-23(34)15-36-28-29-22-7-5-4-6-21(22)26-31-27(35)25(32-33(26)28)17-10-8-16(2)9-11-17/h4-11,18-20,24H,3,12-15H2,1-2H3,(H,30,34)/t18-,19+,20+,24-/m1/s1. The van der Waals surface area contributed by atoms with Crippen molar-refractivity contribution in [1.29, 1.82) is 0 Å². The molecule has 184 valence electrons. The SMILES string of the molecule is CC[C@H]1[C@@H]2CC[C@@H](C2)[C@H]1NC(=O)CSc1nc2ccccc2c2nc(=O)c(-c3ccc(C)cc3)nn12. The van der Waals surface area contributed by atoms with E-state index in [0.29, 0.717) is 28.2 Å². The van der Waals surface area contributed by atoms with Crippen molar-refractivity contribution < 1.29 is 4.79 Å². The van der Waals surface area contributed by atoms with Gasteiger partial charge in [0.1, 0.15) is 0 Å². The molecule has 2 aromatic carbocycles. The van der Waals surface area contributed by atoms with E-state index in [4.69, 9.17) is 4.98 Å². The summed E-state index contributed by atoms with van der Waals surface area (Å²) >= 11 is 1.33. The van der Waals surface area contributed by atoms with Gasteiger partial charge in [0.15, 0.2) is 16.5 Å². The van der Waals surface area contributed by atoms with Crippen LogP contribution in [0.2, 0.25) is 0 Å². The van der Waals surface area contributed by atoms with Crippen molar-refractivity contribution in [3.8, 4) is 11.3 Å². The van der Waals surface area contributed by atoms with Crippen molar-refractivity contribution in [2.24, 2.45) is 17.8 Å². The number of aryl methyl sites for hydroxylation is 1. The van der Waals surface area contributed by atoms with Crippen molar-refractivity contribution in [2.45, 2.75) is 50.7 Å². The molecular formula is C28H29N5O2S. The number of carbonyl (C=O) groups is 1. The average Bonchev–Trinajstić information content (AvgIpc) is 3.49.